The van der Waals surface area contributed by atoms with Crippen molar-refractivity contribution in [3.05, 3.63) is 57.0 Å². The lowest BCUT2D eigenvalue weighted by Gasteiger charge is -2.36. The Hall–Kier alpha value is -2.91. The van der Waals surface area contributed by atoms with Crippen LogP contribution in [0.15, 0.2) is 36.4 Å². The number of rotatable bonds is 6. The molecule has 156 valence electrons. The molecule has 1 saturated heterocycles. The fraction of sp³-hybridized carbons (Fsp3) is 0.300. The molecule has 2 aromatic heterocycles. The smallest absolute Gasteiger partial charge is 0.285 e. The number of methoxy groups -OCH3 is 1. The second-order valence-corrected chi connectivity index (χ2v) is 8.69. The van der Waals surface area contributed by atoms with Crippen molar-refractivity contribution in [2.45, 2.75) is 19.4 Å². The third kappa shape index (κ3) is 4.03. The summed E-state index contributed by atoms with van der Waals surface area (Å²) >= 11 is 7.46. The minimum atomic E-state index is -0.347. The number of para-hydroxylation sites is 1. The zero-order chi connectivity index (χ0) is 21.3. The number of carbonyl (C=O) groups is 2. The summed E-state index contributed by atoms with van der Waals surface area (Å²) in [5.74, 6) is 0.998. The fourth-order valence-corrected chi connectivity index (χ4v) is 4.23. The van der Waals surface area contributed by atoms with Crippen LogP contribution in [0.1, 0.15) is 33.9 Å². The minimum absolute atomic E-state index is 0.00245. The number of aromatic nitrogens is 3. The number of ether oxygens (including phenoxy) is 1. The Morgan fingerprint density at radius 3 is 2.70 bits per heavy atom. The maximum absolute atomic E-state index is 13.2. The molecule has 0 aliphatic carbocycles. The first-order chi connectivity index (χ1) is 14.5. The molecule has 30 heavy (non-hydrogen) atoms. The van der Waals surface area contributed by atoms with Gasteiger partial charge < -0.3 is 15.0 Å². The van der Waals surface area contributed by atoms with Crippen LogP contribution >= 0.6 is 22.9 Å². The predicted octanol–water partition coefficient (Wildman–Crippen LogP) is 3.25. The second kappa shape index (κ2) is 8.45. The molecule has 1 fully saturated rings. The first-order valence-corrected chi connectivity index (χ1v) is 10.5. The average molecular weight is 446 g/mol. The van der Waals surface area contributed by atoms with E-state index in [1.165, 1.54) is 30.1 Å². The van der Waals surface area contributed by atoms with Crippen molar-refractivity contribution in [1.82, 2.24) is 19.7 Å². The maximum Gasteiger partial charge on any atom is 0.285 e. The first kappa shape index (κ1) is 20.4. The Morgan fingerprint density at radius 2 is 2.03 bits per heavy atom. The molecule has 1 aromatic carbocycles. The number of amides is 1. The molecular weight excluding hydrogens is 426 g/mol. The molecule has 0 radical (unpaired) electrons. The standard InChI is InChI=1S/C20H20ClN5O3S/c1-12(27)25-10-13(11-25)18-23-20(22-9-14-7-8-17(21)30-14)26(24-18)19(28)15-5-3-4-6-16(15)29-2/h3-8,13H,9-11H2,1-2H3,(H,22,23,24). The van der Waals surface area contributed by atoms with Gasteiger partial charge in [-0.3, -0.25) is 9.59 Å². The number of halogens is 1. The zero-order valence-electron chi connectivity index (χ0n) is 16.5. The van der Waals surface area contributed by atoms with Crippen LogP contribution in [0, 0.1) is 0 Å². The van der Waals surface area contributed by atoms with Gasteiger partial charge in [0, 0.05) is 24.9 Å². The maximum atomic E-state index is 13.2. The van der Waals surface area contributed by atoms with Gasteiger partial charge in [0.25, 0.3) is 5.91 Å². The molecule has 3 heterocycles. The Kier molecular flexibility index (Phi) is 5.74. The summed E-state index contributed by atoms with van der Waals surface area (Å²) in [4.78, 5) is 32.0. The Balaban J connectivity index is 1.62. The number of anilines is 1. The van der Waals surface area contributed by atoms with E-state index >= 15 is 0 Å². The molecule has 1 aliphatic heterocycles. The molecular formula is C20H20ClN5O3S. The fourth-order valence-electron chi connectivity index (χ4n) is 3.20. The molecule has 0 spiro atoms. The van der Waals surface area contributed by atoms with Gasteiger partial charge in [-0.1, -0.05) is 23.7 Å². The number of nitrogens with zero attached hydrogens (tertiary/aromatic N) is 4. The summed E-state index contributed by atoms with van der Waals surface area (Å²) in [5, 5.41) is 7.66. The van der Waals surface area contributed by atoms with Crippen molar-refractivity contribution in [3.8, 4) is 5.75 Å². The van der Waals surface area contributed by atoms with Crippen LogP contribution in [0.5, 0.6) is 5.75 Å². The minimum Gasteiger partial charge on any atom is -0.496 e. The molecule has 0 atom stereocenters. The highest BCUT2D eigenvalue weighted by atomic mass is 35.5. The highest BCUT2D eigenvalue weighted by Crippen LogP contribution is 2.28. The number of hydrogen-bond donors (Lipinski definition) is 1. The largest absolute Gasteiger partial charge is 0.496 e. The molecule has 0 unspecified atom stereocenters. The SMILES string of the molecule is COc1ccccc1C(=O)n1nc(C2CN(C(C)=O)C2)nc1NCc1ccc(Cl)s1. The number of benzene rings is 1. The number of nitrogens with one attached hydrogen (secondary N) is 1. The lowest BCUT2D eigenvalue weighted by Crippen LogP contribution is -2.47. The molecule has 0 saturated carbocycles. The van der Waals surface area contributed by atoms with Gasteiger partial charge in [0.2, 0.25) is 11.9 Å². The normalized spacial score (nSPS) is 13.8. The van der Waals surface area contributed by atoms with E-state index in [2.05, 4.69) is 15.4 Å². The lowest BCUT2D eigenvalue weighted by atomic mass is 10.00. The quantitative estimate of drug-likeness (QED) is 0.626. The van der Waals surface area contributed by atoms with Gasteiger partial charge in [-0.2, -0.15) is 9.67 Å². The van der Waals surface area contributed by atoms with Crippen LogP contribution < -0.4 is 10.1 Å². The summed E-state index contributed by atoms with van der Waals surface area (Å²) in [5.41, 5.74) is 0.387. The van der Waals surface area contributed by atoms with Crippen molar-refractivity contribution in [2.24, 2.45) is 0 Å². The van der Waals surface area contributed by atoms with E-state index in [1.807, 2.05) is 12.1 Å². The van der Waals surface area contributed by atoms with Gasteiger partial charge in [0.1, 0.15) is 5.75 Å². The molecule has 10 heteroatoms. The summed E-state index contributed by atoms with van der Waals surface area (Å²) in [6.45, 7) is 3.08. The van der Waals surface area contributed by atoms with Crippen LogP contribution in [-0.4, -0.2) is 51.7 Å². The molecule has 4 rings (SSSR count). The summed E-state index contributed by atoms with van der Waals surface area (Å²) < 4.78 is 7.28. The first-order valence-electron chi connectivity index (χ1n) is 9.34. The van der Waals surface area contributed by atoms with Crippen molar-refractivity contribution in [2.75, 3.05) is 25.5 Å². The van der Waals surface area contributed by atoms with Crippen molar-refractivity contribution < 1.29 is 14.3 Å². The van der Waals surface area contributed by atoms with Crippen LogP contribution in [0.3, 0.4) is 0 Å². The molecule has 1 aliphatic rings. The number of likely N-dealkylation sites (tertiary alicyclic amines) is 1. The molecule has 1 amide bonds. The summed E-state index contributed by atoms with van der Waals surface area (Å²) in [6.07, 6.45) is 0. The van der Waals surface area contributed by atoms with Crippen LogP contribution in [-0.2, 0) is 11.3 Å². The van der Waals surface area contributed by atoms with Crippen molar-refractivity contribution >= 4 is 40.7 Å². The van der Waals surface area contributed by atoms with E-state index < -0.39 is 0 Å². The number of carbonyl (C=O) groups excluding carboxylic acids is 2. The van der Waals surface area contributed by atoms with Gasteiger partial charge in [0.15, 0.2) is 5.82 Å². The Bertz CT molecular complexity index is 1090. The third-order valence-electron chi connectivity index (χ3n) is 4.89. The highest BCUT2D eigenvalue weighted by Gasteiger charge is 2.34. The average Bonchev–Trinajstić information content (AvgIpc) is 3.30. The van der Waals surface area contributed by atoms with Crippen molar-refractivity contribution in [3.63, 3.8) is 0 Å². The topological polar surface area (TPSA) is 89.4 Å². The molecule has 1 N–H and O–H groups in total. The van der Waals surface area contributed by atoms with Gasteiger partial charge in [0.05, 0.1) is 29.5 Å². The lowest BCUT2D eigenvalue weighted by molar-refractivity contribution is -0.133. The van der Waals surface area contributed by atoms with E-state index in [4.69, 9.17) is 16.3 Å². The third-order valence-corrected chi connectivity index (χ3v) is 6.13. The van der Waals surface area contributed by atoms with Crippen LogP contribution in [0.4, 0.5) is 5.95 Å². The molecule has 8 nitrogen and oxygen atoms in total. The van der Waals surface area contributed by atoms with Gasteiger partial charge in [-0.05, 0) is 24.3 Å². The van der Waals surface area contributed by atoms with E-state index in [1.54, 1.807) is 29.2 Å². The zero-order valence-corrected chi connectivity index (χ0v) is 18.0. The number of thiophene rings is 1. The van der Waals surface area contributed by atoms with Gasteiger partial charge >= 0.3 is 0 Å². The summed E-state index contributed by atoms with van der Waals surface area (Å²) in [7, 11) is 1.52. The van der Waals surface area contributed by atoms with Crippen LogP contribution in [0.25, 0.3) is 0 Å². The van der Waals surface area contributed by atoms with E-state index in [0.717, 1.165) is 4.88 Å². The van der Waals surface area contributed by atoms with E-state index in [0.29, 0.717) is 47.1 Å². The Morgan fingerprint density at radius 1 is 1.27 bits per heavy atom. The highest BCUT2D eigenvalue weighted by molar-refractivity contribution is 7.16. The van der Waals surface area contributed by atoms with E-state index in [9.17, 15) is 9.59 Å². The molecule has 3 aromatic rings. The van der Waals surface area contributed by atoms with Crippen LogP contribution in [0.2, 0.25) is 4.34 Å². The summed E-state index contributed by atoms with van der Waals surface area (Å²) in [6, 6.07) is 10.7. The van der Waals surface area contributed by atoms with Crippen molar-refractivity contribution in [1.29, 1.82) is 0 Å². The monoisotopic (exact) mass is 445 g/mol. The predicted molar refractivity (Wildman–Crippen MR) is 114 cm³/mol. The Labute approximate surface area is 182 Å². The van der Waals surface area contributed by atoms with E-state index in [-0.39, 0.29) is 17.7 Å². The number of hydrogen-bond acceptors (Lipinski definition) is 7. The van der Waals surface area contributed by atoms with Gasteiger partial charge in [-0.15, -0.1) is 16.4 Å². The van der Waals surface area contributed by atoms with Gasteiger partial charge in [-0.25, -0.2) is 0 Å². The molecule has 0 bridgehead atoms. The second-order valence-electron chi connectivity index (χ2n) is 6.89.